The second-order valence-electron chi connectivity index (χ2n) is 5.54. The van der Waals surface area contributed by atoms with Crippen LogP contribution in [0.4, 0.5) is 0 Å². The van der Waals surface area contributed by atoms with Crippen LogP contribution < -0.4 is 5.32 Å². The van der Waals surface area contributed by atoms with E-state index >= 15 is 0 Å². The van der Waals surface area contributed by atoms with Crippen LogP contribution in [-0.4, -0.2) is 50.3 Å². The molecule has 0 aromatic heterocycles. The molecule has 0 unspecified atom stereocenters. The fourth-order valence-corrected chi connectivity index (χ4v) is 3.06. The number of rotatable bonds is 6. The van der Waals surface area contributed by atoms with E-state index in [2.05, 4.69) is 17.3 Å². The predicted octanol–water partition coefficient (Wildman–Crippen LogP) is 2.02. The lowest BCUT2D eigenvalue weighted by atomic mass is 9.93. The lowest BCUT2D eigenvalue weighted by molar-refractivity contribution is 0.0191. The van der Waals surface area contributed by atoms with Gasteiger partial charge in [0.05, 0.1) is 6.10 Å². The standard InChI is InChI=1S/C14H28N2O/c1-15-13-5-7-14(8-6-13)17-12-4-11-16-9-2-3-10-16/h13-15H,2-12H2,1H3. The molecule has 1 saturated heterocycles. The first-order chi connectivity index (χ1) is 8.38. The van der Waals surface area contributed by atoms with Gasteiger partial charge in [-0.05, 0) is 65.1 Å². The maximum Gasteiger partial charge on any atom is 0.0576 e. The maximum absolute atomic E-state index is 5.98. The Morgan fingerprint density at radius 2 is 1.82 bits per heavy atom. The van der Waals surface area contributed by atoms with Crippen LogP contribution in [-0.2, 0) is 4.74 Å². The summed E-state index contributed by atoms with van der Waals surface area (Å²) in [5, 5.41) is 3.37. The van der Waals surface area contributed by atoms with Gasteiger partial charge in [-0.1, -0.05) is 0 Å². The van der Waals surface area contributed by atoms with Crippen LogP contribution in [0.15, 0.2) is 0 Å². The Hall–Kier alpha value is -0.120. The molecule has 0 amide bonds. The van der Waals surface area contributed by atoms with Gasteiger partial charge in [-0.3, -0.25) is 0 Å². The zero-order valence-corrected chi connectivity index (χ0v) is 11.3. The van der Waals surface area contributed by atoms with E-state index in [9.17, 15) is 0 Å². The molecule has 2 fully saturated rings. The molecule has 2 aliphatic rings. The molecule has 1 N–H and O–H groups in total. The average Bonchev–Trinajstić information content (AvgIpc) is 2.88. The van der Waals surface area contributed by atoms with Gasteiger partial charge in [0, 0.05) is 19.2 Å². The average molecular weight is 240 g/mol. The Kier molecular flexibility index (Phi) is 5.75. The summed E-state index contributed by atoms with van der Waals surface area (Å²) >= 11 is 0. The normalized spacial score (nSPS) is 30.9. The van der Waals surface area contributed by atoms with E-state index in [4.69, 9.17) is 4.74 Å². The molecule has 3 nitrogen and oxygen atoms in total. The Morgan fingerprint density at radius 1 is 1.12 bits per heavy atom. The molecule has 0 radical (unpaired) electrons. The van der Waals surface area contributed by atoms with Gasteiger partial charge in [0.25, 0.3) is 0 Å². The monoisotopic (exact) mass is 240 g/mol. The summed E-state index contributed by atoms with van der Waals surface area (Å²) in [6.07, 6.45) is 9.61. The third-order valence-electron chi connectivity index (χ3n) is 4.25. The zero-order valence-electron chi connectivity index (χ0n) is 11.3. The van der Waals surface area contributed by atoms with Crippen molar-refractivity contribution in [3.63, 3.8) is 0 Å². The van der Waals surface area contributed by atoms with Crippen molar-refractivity contribution >= 4 is 0 Å². The van der Waals surface area contributed by atoms with Crippen molar-refractivity contribution in [3.8, 4) is 0 Å². The summed E-state index contributed by atoms with van der Waals surface area (Å²) in [5.74, 6) is 0. The molecule has 1 aliphatic carbocycles. The molecule has 0 spiro atoms. The van der Waals surface area contributed by atoms with Crippen molar-refractivity contribution in [2.75, 3.05) is 33.3 Å². The number of likely N-dealkylation sites (tertiary alicyclic amines) is 1. The number of hydrogen-bond donors (Lipinski definition) is 1. The van der Waals surface area contributed by atoms with Gasteiger partial charge >= 0.3 is 0 Å². The minimum atomic E-state index is 0.540. The second-order valence-corrected chi connectivity index (χ2v) is 5.54. The van der Waals surface area contributed by atoms with Crippen LogP contribution in [0.25, 0.3) is 0 Å². The second kappa shape index (κ2) is 7.34. The minimum absolute atomic E-state index is 0.540. The molecule has 0 bridgehead atoms. The quantitative estimate of drug-likeness (QED) is 0.719. The fourth-order valence-electron chi connectivity index (χ4n) is 3.06. The van der Waals surface area contributed by atoms with Gasteiger partial charge in [0.1, 0.15) is 0 Å². The molecular formula is C14H28N2O. The highest BCUT2D eigenvalue weighted by atomic mass is 16.5. The molecule has 2 rings (SSSR count). The molecule has 1 heterocycles. The van der Waals surface area contributed by atoms with E-state index in [1.807, 2.05) is 0 Å². The lowest BCUT2D eigenvalue weighted by Crippen LogP contribution is -2.33. The summed E-state index contributed by atoms with van der Waals surface area (Å²) < 4.78 is 5.98. The summed E-state index contributed by atoms with van der Waals surface area (Å²) in [6.45, 7) is 4.83. The van der Waals surface area contributed by atoms with E-state index < -0.39 is 0 Å². The third-order valence-corrected chi connectivity index (χ3v) is 4.25. The Bertz CT molecular complexity index is 196. The molecule has 0 atom stereocenters. The van der Waals surface area contributed by atoms with Crippen molar-refractivity contribution in [2.45, 2.75) is 57.1 Å². The maximum atomic E-state index is 5.98. The molecule has 1 saturated carbocycles. The number of hydrogen-bond acceptors (Lipinski definition) is 3. The van der Waals surface area contributed by atoms with Gasteiger partial charge in [-0.2, -0.15) is 0 Å². The van der Waals surface area contributed by atoms with Crippen LogP contribution in [0.5, 0.6) is 0 Å². The van der Waals surface area contributed by atoms with Crippen LogP contribution in [0.3, 0.4) is 0 Å². The summed E-state index contributed by atoms with van der Waals surface area (Å²) in [4.78, 5) is 2.57. The predicted molar refractivity (Wildman–Crippen MR) is 71.3 cm³/mol. The van der Waals surface area contributed by atoms with Gasteiger partial charge in [0.15, 0.2) is 0 Å². The van der Waals surface area contributed by atoms with E-state index in [0.29, 0.717) is 6.10 Å². The van der Waals surface area contributed by atoms with Gasteiger partial charge in [0.2, 0.25) is 0 Å². The Labute approximate surface area is 106 Å². The molecule has 3 heteroatoms. The van der Waals surface area contributed by atoms with Gasteiger partial charge in [-0.25, -0.2) is 0 Å². The Balaban J connectivity index is 1.48. The van der Waals surface area contributed by atoms with Gasteiger partial charge in [-0.15, -0.1) is 0 Å². The highest BCUT2D eigenvalue weighted by Crippen LogP contribution is 2.21. The summed E-state index contributed by atoms with van der Waals surface area (Å²) in [6, 6.07) is 0.736. The molecule has 0 aromatic rings. The number of ether oxygens (including phenoxy) is 1. The van der Waals surface area contributed by atoms with E-state index in [0.717, 1.165) is 12.6 Å². The molecule has 0 aromatic carbocycles. The molecule has 100 valence electrons. The van der Waals surface area contributed by atoms with Crippen LogP contribution in [0.1, 0.15) is 44.9 Å². The first-order valence-electron chi connectivity index (χ1n) is 7.39. The summed E-state index contributed by atoms with van der Waals surface area (Å²) in [5.41, 5.74) is 0. The van der Waals surface area contributed by atoms with Crippen LogP contribution in [0, 0.1) is 0 Å². The van der Waals surface area contributed by atoms with Crippen molar-refractivity contribution < 1.29 is 4.74 Å². The zero-order chi connectivity index (χ0) is 11.9. The van der Waals surface area contributed by atoms with Crippen molar-refractivity contribution in [2.24, 2.45) is 0 Å². The third kappa shape index (κ3) is 4.57. The van der Waals surface area contributed by atoms with Crippen molar-refractivity contribution in [1.29, 1.82) is 0 Å². The molecule has 1 aliphatic heterocycles. The number of nitrogens with zero attached hydrogens (tertiary/aromatic N) is 1. The molecule has 17 heavy (non-hydrogen) atoms. The van der Waals surface area contributed by atoms with Crippen LogP contribution in [0.2, 0.25) is 0 Å². The van der Waals surface area contributed by atoms with Crippen molar-refractivity contribution in [1.82, 2.24) is 10.2 Å². The first kappa shape index (κ1) is 13.3. The van der Waals surface area contributed by atoms with E-state index in [1.165, 1.54) is 64.6 Å². The van der Waals surface area contributed by atoms with Crippen molar-refractivity contribution in [3.05, 3.63) is 0 Å². The van der Waals surface area contributed by atoms with Crippen LogP contribution >= 0.6 is 0 Å². The SMILES string of the molecule is CNC1CCC(OCCCN2CCCC2)CC1. The lowest BCUT2D eigenvalue weighted by Gasteiger charge is -2.28. The topological polar surface area (TPSA) is 24.5 Å². The van der Waals surface area contributed by atoms with E-state index in [1.54, 1.807) is 0 Å². The fraction of sp³-hybridized carbons (Fsp3) is 1.00. The van der Waals surface area contributed by atoms with E-state index in [-0.39, 0.29) is 0 Å². The first-order valence-corrected chi connectivity index (χ1v) is 7.39. The summed E-state index contributed by atoms with van der Waals surface area (Å²) in [7, 11) is 2.07. The van der Waals surface area contributed by atoms with Gasteiger partial charge < -0.3 is 15.0 Å². The highest BCUT2D eigenvalue weighted by Gasteiger charge is 2.20. The Morgan fingerprint density at radius 3 is 2.47 bits per heavy atom. The highest BCUT2D eigenvalue weighted by molar-refractivity contribution is 4.76. The largest absolute Gasteiger partial charge is 0.378 e. The smallest absolute Gasteiger partial charge is 0.0576 e. The minimum Gasteiger partial charge on any atom is -0.378 e. The molecular weight excluding hydrogens is 212 g/mol. The number of nitrogens with one attached hydrogen (secondary N) is 1.